The first kappa shape index (κ1) is 15.0. The van der Waals surface area contributed by atoms with E-state index < -0.39 is 17.9 Å². The molecule has 0 saturated heterocycles. The minimum atomic E-state index is -0.888. The van der Waals surface area contributed by atoms with Crippen LogP contribution in [0.5, 0.6) is 0 Å². The summed E-state index contributed by atoms with van der Waals surface area (Å²) >= 11 is 0. The van der Waals surface area contributed by atoms with Crippen LogP contribution in [0.2, 0.25) is 0 Å². The lowest BCUT2D eigenvalue weighted by Crippen LogP contribution is -2.33. The monoisotopic (exact) mass is 265 g/mol. The van der Waals surface area contributed by atoms with Gasteiger partial charge in [0, 0.05) is 18.8 Å². The fourth-order valence-corrected chi connectivity index (χ4v) is 1.79. The van der Waals surface area contributed by atoms with E-state index in [2.05, 4.69) is 0 Å². The number of aliphatic carboxylic acids is 2. The minimum absolute atomic E-state index is 0.0136. The summed E-state index contributed by atoms with van der Waals surface area (Å²) < 4.78 is 0. The van der Waals surface area contributed by atoms with Crippen molar-refractivity contribution in [3.8, 4) is 0 Å². The summed E-state index contributed by atoms with van der Waals surface area (Å²) in [6.07, 6.45) is -0.0136. The van der Waals surface area contributed by atoms with Crippen LogP contribution in [-0.2, 0) is 9.59 Å². The number of aryl methyl sites for hydroxylation is 1. The SMILES string of the molecule is Cc1cccc(N(CCC(=O)O)CC(C)C(=O)O)c1. The molecule has 104 valence electrons. The van der Waals surface area contributed by atoms with Crippen LogP contribution in [0.4, 0.5) is 5.69 Å². The molecule has 0 aromatic heterocycles. The van der Waals surface area contributed by atoms with E-state index in [4.69, 9.17) is 10.2 Å². The lowest BCUT2D eigenvalue weighted by Gasteiger charge is -2.26. The van der Waals surface area contributed by atoms with Gasteiger partial charge in [-0.2, -0.15) is 0 Å². The van der Waals surface area contributed by atoms with Crippen LogP contribution < -0.4 is 4.90 Å². The Labute approximate surface area is 112 Å². The Morgan fingerprint density at radius 2 is 2.00 bits per heavy atom. The van der Waals surface area contributed by atoms with E-state index in [1.165, 1.54) is 0 Å². The van der Waals surface area contributed by atoms with Gasteiger partial charge < -0.3 is 15.1 Å². The predicted octanol–water partition coefficient (Wildman–Crippen LogP) is 2.00. The van der Waals surface area contributed by atoms with Crippen LogP contribution in [0, 0.1) is 12.8 Å². The van der Waals surface area contributed by atoms with Crippen molar-refractivity contribution in [3.63, 3.8) is 0 Å². The topological polar surface area (TPSA) is 77.8 Å². The number of hydrogen-bond acceptors (Lipinski definition) is 3. The lowest BCUT2D eigenvalue weighted by atomic mass is 10.1. The normalized spacial score (nSPS) is 11.9. The Morgan fingerprint density at radius 3 is 2.53 bits per heavy atom. The van der Waals surface area contributed by atoms with Crippen molar-refractivity contribution in [2.45, 2.75) is 20.3 Å². The van der Waals surface area contributed by atoms with E-state index in [9.17, 15) is 9.59 Å². The van der Waals surface area contributed by atoms with Gasteiger partial charge in [-0.15, -0.1) is 0 Å². The number of rotatable bonds is 7. The Morgan fingerprint density at radius 1 is 1.32 bits per heavy atom. The summed E-state index contributed by atoms with van der Waals surface area (Å²) in [6.45, 7) is 4.16. The Balaban J connectivity index is 2.85. The molecule has 0 spiro atoms. The Hall–Kier alpha value is -2.04. The molecular formula is C14H19NO4. The van der Waals surface area contributed by atoms with Crippen molar-refractivity contribution in [1.29, 1.82) is 0 Å². The van der Waals surface area contributed by atoms with Crippen molar-refractivity contribution < 1.29 is 19.8 Å². The summed E-state index contributed by atoms with van der Waals surface area (Å²) in [6, 6.07) is 7.61. The summed E-state index contributed by atoms with van der Waals surface area (Å²) in [4.78, 5) is 23.4. The molecule has 0 bridgehead atoms. The second kappa shape index (κ2) is 6.78. The van der Waals surface area contributed by atoms with E-state index in [-0.39, 0.29) is 6.42 Å². The van der Waals surface area contributed by atoms with Gasteiger partial charge in [-0.3, -0.25) is 9.59 Å². The third kappa shape index (κ3) is 4.99. The van der Waals surface area contributed by atoms with E-state index in [1.807, 2.05) is 31.2 Å². The van der Waals surface area contributed by atoms with Crippen molar-refractivity contribution in [1.82, 2.24) is 0 Å². The number of carboxylic acids is 2. The highest BCUT2D eigenvalue weighted by Gasteiger charge is 2.17. The van der Waals surface area contributed by atoms with Crippen molar-refractivity contribution in [2.75, 3.05) is 18.0 Å². The molecule has 1 aromatic rings. The van der Waals surface area contributed by atoms with Gasteiger partial charge >= 0.3 is 11.9 Å². The average Bonchev–Trinajstić information content (AvgIpc) is 2.33. The number of hydrogen-bond donors (Lipinski definition) is 2. The predicted molar refractivity (Wildman–Crippen MR) is 72.4 cm³/mol. The molecular weight excluding hydrogens is 246 g/mol. The molecule has 0 aliphatic heterocycles. The maximum atomic E-state index is 10.9. The molecule has 0 radical (unpaired) electrons. The van der Waals surface area contributed by atoms with Crippen LogP contribution in [0.3, 0.4) is 0 Å². The van der Waals surface area contributed by atoms with Crippen LogP contribution >= 0.6 is 0 Å². The lowest BCUT2D eigenvalue weighted by molar-refractivity contribution is -0.140. The summed E-state index contributed by atoms with van der Waals surface area (Å²) in [5.74, 6) is -2.32. The standard InChI is InChI=1S/C14H19NO4/c1-10-4-3-5-12(8-10)15(7-6-13(16)17)9-11(2)14(18)19/h3-5,8,11H,6-7,9H2,1-2H3,(H,16,17)(H,18,19). The van der Waals surface area contributed by atoms with Gasteiger partial charge in [0.2, 0.25) is 0 Å². The molecule has 0 saturated carbocycles. The first-order valence-electron chi connectivity index (χ1n) is 6.16. The highest BCUT2D eigenvalue weighted by atomic mass is 16.4. The third-order valence-corrected chi connectivity index (χ3v) is 2.88. The van der Waals surface area contributed by atoms with E-state index in [1.54, 1.807) is 11.8 Å². The summed E-state index contributed by atoms with van der Waals surface area (Å²) in [5.41, 5.74) is 1.91. The molecule has 1 aromatic carbocycles. The first-order valence-corrected chi connectivity index (χ1v) is 6.16. The van der Waals surface area contributed by atoms with Gasteiger partial charge in [0.15, 0.2) is 0 Å². The summed E-state index contributed by atoms with van der Waals surface area (Å²) in [5, 5.41) is 17.7. The number of anilines is 1. The molecule has 19 heavy (non-hydrogen) atoms. The zero-order chi connectivity index (χ0) is 14.4. The number of carbonyl (C=O) groups is 2. The number of benzene rings is 1. The first-order chi connectivity index (χ1) is 8.90. The number of carboxylic acid groups (broad SMARTS) is 2. The van der Waals surface area contributed by atoms with Crippen molar-refractivity contribution >= 4 is 17.6 Å². The highest BCUT2D eigenvalue weighted by Crippen LogP contribution is 2.18. The number of nitrogens with zero attached hydrogens (tertiary/aromatic N) is 1. The largest absolute Gasteiger partial charge is 0.481 e. The van der Waals surface area contributed by atoms with Gasteiger partial charge in [0.25, 0.3) is 0 Å². The van der Waals surface area contributed by atoms with E-state index in [0.29, 0.717) is 13.1 Å². The van der Waals surface area contributed by atoms with E-state index >= 15 is 0 Å². The van der Waals surface area contributed by atoms with Gasteiger partial charge in [0.05, 0.1) is 12.3 Å². The molecule has 0 heterocycles. The molecule has 0 fully saturated rings. The van der Waals surface area contributed by atoms with Gasteiger partial charge in [0.1, 0.15) is 0 Å². The smallest absolute Gasteiger partial charge is 0.308 e. The van der Waals surface area contributed by atoms with Gasteiger partial charge in [-0.1, -0.05) is 19.1 Å². The van der Waals surface area contributed by atoms with Crippen molar-refractivity contribution in [3.05, 3.63) is 29.8 Å². The third-order valence-electron chi connectivity index (χ3n) is 2.88. The fourth-order valence-electron chi connectivity index (χ4n) is 1.79. The zero-order valence-corrected chi connectivity index (χ0v) is 11.2. The van der Waals surface area contributed by atoms with Gasteiger partial charge in [-0.25, -0.2) is 0 Å². The van der Waals surface area contributed by atoms with Crippen molar-refractivity contribution in [2.24, 2.45) is 5.92 Å². The second-order valence-electron chi connectivity index (χ2n) is 4.67. The molecule has 0 aliphatic rings. The quantitative estimate of drug-likeness (QED) is 0.788. The molecule has 1 rings (SSSR count). The van der Waals surface area contributed by atoms with Crippen LogP contribution in [0.15, 0.2) is 24.3 Å². The summed E-state index contributed by atoms with van der Waals surface area (Å²) in [7, 11) is 0. The van der Waals surface area contributed by atoms with Crippen LogP contribution in [0.25, 0.3) is 0 Å². The van der Waals surface area contributed by atoms with Crippen LogP contribution in [-0.4, -0.2) is 35.2 Å². The average molecular weight is 265 g/mol. The highest BCUT2D eigenvalue weighted by molar-refractivity contribution is 5.71. The molecule has 1 unspecified atom stereocenters. The molecule has 0 amide bonds. The maximum Gasteiger partial charge on any atom is 0.308 e. The fraction of sp³-hybridized carbons (Fsp3) is 0.429. The maximum absolute atomic E-state index is 10.9. The molecule has 5 heteroatoms. The molecule has 0 aliphatic carbocycles. The van der Waals surface area contributed by atoms with Crippen LogP contribution in [0.1, 0.15) is 18.9 Å². The Bertz CT molecular complexity index is 459. The molecule has 5 nitrogen and oxygen atoms in total. The minimum Gasteiger partial charge on any atom is -0.481 e. The van der Waals surface area contributed by atoms with E-state index in [0.717, 1.165) is 11.3 Å². The molecule has 1 atom stereocenters. The molecule has 2 N–H and O–H groups in total. The van der Waals surface area contributed by atoms with Gasteiger partial charge in [-0.05, 0) is 24.6 Å². The zero-order valence-electron chi connectivity index (χ0n) is 11.2. The Kier molecular flexibility index (Phi) is 5.36. The second-order valence-corrected chi connectivity index (χ2v) is 4.67.